The van der Waals surface area contributed by atoms with Gasteiger partial charge in [-0.15, -0.1) is 5.10 Å². The second kappa shape index (κ2) is 10.8. The number of benzene rings is 2. The van der Waals surface area contributed by atoms with Crippen molar-refractivity contribution >= 4 is 10.2 Å². The van der Waals surface area contributed by atoms with E-state index in [1.807, 2.05) is 11.6 Å². The van der Waals surface area contributed by atoms with E-state index in [0.29, 0.717) is 23.4 Å². The molecule has 0 amide bonds. The van der Waals surface area contributed by atoms with E-state index in [-0.39, 0.29) is 24.8 Å². The fraction of sp³-hybridized carbons (Fsp3) is 0.375. The lowest BCUT2D eigenvalue weighted by Gasteiger charge is -2.42. The molecule has 2 heterocycles. The maximum atomic E-state index is 12.8. The minimum atomic E-state index is -4.51. The predicted molar refractivity (Wildman–Crippen MR) is 128 cm³/mol. The first-order valence-electron chi connectivity index (χ1n) is 11.7. The average molecular weight is 579 g/mol. The molecule has 0 aliphatic carbocycles. The molecule has 0 unspecified atom stereocenters. The Bertz CT molecular complexity index is 1400. The van der Waals surface area contributed by atoms with Crippen LogP contribution < -0.4 is 14.2 Å². The molecule has 8 nitrogen and oxygen atoms in total. The van der Waals surface area contributed by atoms with E-state index >= 15 is 0 Å². The van der Waals surface area contributed by atoms with Gasteiger partial charge in [-0.3, -0.25) is 4.68 Å². The van der Waals surface area contributed by atoms with Crippen molar-refractivity contribution in [1.82, 2.24) is 19.2 Å². The third kappa shape index (κ3) is 7.09. The van der Waals surface area contributed by atoms with Crippen LogP contribution in [0.5, 0.6) is 11.6 Å². The van der Waals surface area contributed by atoms with Gasteiger partial charge in [0, 0.05) is 24.7 Å². The Morgan fingerprint density at radius 3 is 2.31 bits per heavy atom. The second-order valence-corrected chi connectivity index (χ2v) is 10.3. The monoisotopic (exact) mass is 578 g/mol. The van der Waals surface area contributed by atoms with Crippen molar-refractivity contribution in [3.05, 3.63) is 65.7 Å². The number of aromatic nitrogens is 2. The van der Waals surface area contributed by atoms with E-state index in [4.69, 9.17) is 9.47 Å². The molecule has 2 N–H and O–H groups in total. The maximum absolute atomic E-state index is 12.8. The molecule has 3 aromatic rings. The Morgan fingerprint density at radius 1 is 1.05 bits per heavy atom. The lowest BCUT2D eigenvalue weighted by molar-refractivity contribution is -0.137. The van der Waals surface area contributed by atoms with Crippen molar-refractivity contribution in [3.63, 3.8) is 0 Å². The second-order valence-electron chi connectivity index (χ2n) is 8.83. The van der Waals surface area contributed by atoms with E-state index in [0.717, 1.165) is 12.1 Å². The van der Waals surface area contributed by atoms with Crippen LogP contribution in [-0.2, 0) is 33.2 Å². The summed E-state index contributed by atoms with van der Waals surface area (Å²) in [6.07, 6.45) is -10.3. The number of rotatable bonds is 10. The largest absolute Gasteiger partial charge is 0.438 e. The van der Waals surface area contributed by atoms with Gasteiger partial charge in [0.2, 0.25) is 5.88 Å². The minimum Gasteiger partial charge on any atom is -0.438 e. The molecule has 0 spiro atoms. The van der Waals surface area contributed by atoms with E-state index in [2.05, 4.69) is 9.82 Å². The van der Waals surface area contributed by atoms with Gasteiger partial charge in [-0.05, 0) is 42.8 Å². The van der Waals surface area contributed by atoms with Crippen LogP contribution >= 0.6 is 0 Å². The summed E-state index contributed by atoms with van der Waals surface area (Å²) in [5.41, 5.74) is -0.285. The smallest absolute Gasteiger partial charge is 0.416 e. The predicted octanol–water partition coefficient (Wildman–Crippen LogP) is 4.98. The van der Waals surface area contributed by atoms with E-state index < -0.39 is 46.6 Å². The van der Waals surface area contributed by atoms with Crippen molar-refractivity contribution in [2.75, 3.05) is 19.8 Å². The first-order chi connectivity index (χ1) is 18.2. The zero-order chi connectivity index (χ0) is 28.5. The molecule has 212 valence electrons. The molecule has 0 saturated carbocycles. The molecule has 1 fully saturated rings. The Labute approximate surface area is 220 Å². The Kier molecular flexibility index (Phi) is 7.98. The molecule has 0 radical (unpaired) electrons. The van der Waals surface area contributed by atoms with Crippen LogP contribution in [0.1, 0.15) is 24.5 Å². The van der Waals surface area contributed by atoms with Crippen LogP contribution in [0.25, 0.3) is 11.3 Å². The summed E-state index contributed by atoms with van der Waals surface area (Å²) in [6.45, 7) is 1.36. The zero-order valence-corrected chi connectivity index (χ0v) is 21.3. The number of aryl methyl sites for hydroxylation is 1. The van der Waals surface area contributed by atoms with E-state index in [9.17, 15) is 34.8 Å². The molecular formula is C24H24F6N4O4S. The first-order valence-corrected chi connectivity index (χ1v) is 13.1. The SMILES string of the molecule is CCn1nc(Oc2ccc(C(F)(F)F)cc2)cc1-c1cccc(C2(NS(=O)(=O)NCCC(F)(F)F)COC2)c1. The summed E-state index contributed by atoms with van der Waals surface area (Å²) in [5.74, 6) is 0.287. The molecule has 0 bridgehead atoms. The molecule has 0 atom stereocenters. The highest BCUT2D eigenvalue weighted by molar-refractivity contribution is 7.87. The van der Waals surface area contributed by atoms with Gasteiger partial charge in [0.15, 0.2) is 0 Å². The highest BCUT2D eigenvalue weighted by Crippen LogP contribution is 2.35. The number of nitrogens with zero attached hydrogens (tertiary/aromatic N) is 2. The fourth-order valence-electron chi connectivity index (χ4n) is 3.94. The van der Waals surface area contributed by atoms with Crippen LogP contribution in [0.15, 0.2) is 54.6 Å². The number of ether oxygens (including phenoxy) is 2. The zero-order valence-electron chi connectivity index (χ0n) is 20.4. The molecule has 39 heavy (non-hydrogen) atoms. The Morgan fingerprint density at radius 2 is 1.74 bits per heavy atom. The molecule has 4 rings (SSSR count). The van der Waals surface area contributed by atoms with Crippen molar-refractivity contribution in [2.45, 2.75) is 37.8 Å². The van der Waals surface area contributed by atoms with Gasteiger partial charge < -0.3 is 9.47 Å². The van der Waals surface area contributed by atoms with Crippen molar-refractivity contribution in [1.29, 1.82) is 0 Å². The van der Waals surface area contributed by atoms with Gasteiger partial charge in [0.1, 0.15) is 11.3 Å². The number of alkyl halides is 6. The molecule has 2 aromatic carbocycles. The molecule has 1 aromatic heterocycles. The number of halogens is 6. The van der Waals surface area contributed by atoms with Gasteiger partial charge >= 0.3 is 12.4 Å². The molecule has 15 heteroatoms. The quantitative estimate of drug-likeness (QED) is 0.331. The van der Waals surface area contributed by atoms with E-state index in [1.165, 1.54) is 12.1 Å². The molecule has 1 aliphatic heterocycles. The van der Waals surface area contributed by atoms with Crippen molar-refractivity contribution in [3.8, 4) is 22.9 Å². The standard InChI is InChI=1S/C24H24F6N4O4S/c1-2-34-20(13-21(32-34)38-19-8-6-17(7-9-19)24(28,29)30)16-4-3-5-18(12-16)22(14-37-15-22)33-39(35,36)31-11-10-23(25,26)27/h3-9,12-13,31,33H,2,10-11,14-15H2,1H3. The third-order valence-corrected chi connectivity index (χ3v) is 7.14. The van der Waals surface area contributed by atoms with Gasteiger partial charge in [0.25, 0.3) is 10.2 Å². The van der Waals surface area contributed by atoms with Crippen LogP contribution in [0.4, 0.5) is 26.3 Å². The Balaban J connectivity index is 1.54. The number of nitrogens with one attached hydrogen (secondary N) is 2. The maximum Gasteiger partial charge on any atom is 0.416 e. The summed E-state index contributed by atoms with van der Waals surface area (Å²) in [6, 6.07) is 12.5. The van der Waals surface area contributed by atoms with Gasteiger partial charge in [-0.1, -0.05) is 18.2 Å². The summed E-state index contributed by atoms with van der Waals surface area (Å²) in [5, 5.41) is 4.34. The molecule has 1 aliphatic rings. The fourth-order valence-corrected chi connectivity index (χ4v) is 5.13. The van der Waals surface area contributed by atoms with E-state index in [1.54, 1.807) is 35.0 Å². The van der Waals surface area contributed by atoms with Crippen molar-refractivity contribution < 1.29 is 44.2 Å². The normalized spacial score (nSPS) is 15.7. The lowest BCUT2D eigenvalue weighted by atomic mass is 9.88. The lowest BCUT2D eigenvalue weighted by Crippen LogP contribution is -2.61. The summed E-state index contributed by atoms with van der Waals surface area (Å²) in [7, 11) is -4.29. The van der Waals surface area contributed by atoms with Gasteiger partial charge in [-0.2, -0.15) is 39.5 Å². The van der Waals surface area contributed by atoms with Gasteiger partial charge in [0.05, 0.1) is 30.9 Å². The summed E-state index contributed by atoms with van der Waals surface area (Å²) >= 11 is 0. The first kappa shape index (κ1) is 28.9. The van der Waals surface area contributed by atoms with Crippen LogP contribution in [-0.4, -0.2) is 44.1 Å². The molecular weight excluding hydrogens is 554 g/mol. The van der Waals surface area contributed by atoms with Crippen LogP contribution in [0, 0.1) is 0 Å². The highest BCUT2D eigenvalue weighted by Gasteiger charge is 2.44. The van der Waals surface area contributed by atoms with Crippen molar-refractivity contribution in [2.24, 2.45) is 0 Å². The van der Waals surface area contributed by atoms with Crippen LogP contribution in [0.2, 0.25) is 0 Å². The average Bonchev–Trinajstić information content (AvgIpc) is 3.23. The van der Waals surface area contributed by atoms with Gasteiger partial charge in [-0.25, -0.2) is 4.72 Å². The minimum absolute atomic E-state index is 0.0358. The number of hydrogen-bond acceptors (Lipinski definition) is 5. The Hall–Kier alpha value is -3.14. The topological polar surface area (TPSA) is 94.5 Å². The highest BCUT2D eigenvalue weighted by atomic mass is 32.2. The summed E-state index contributed by atoms with van der Waals surface area (Å²) < 4.78 is 118. The number of hydrogen-bond donors (Lipinski definition) is 2. The third-order valence-electron chi connectivity index (χ3n) is 5.90. The van der Waals surface area contributed by atoms with Crippen LogP contribution in [0.3, 0.4) is 0 Å². The summed E-state index contributed by atoms with van der Waals surface area (Å²) in [4.78, 5) is 0. The molecule has 1 saturated heterocycles.